The van der Waals surface area contributed by atoms with Gasteiger partial charge in [0.1, 0.15) is 5.52 Å². The molecule has 1 aromatic heterocycles. The topological polar surface area (TPSA) is 50.9 Å². The van der Waals surface area contributed by atoms with Crippen molar-refractivity contribution in [3.63, 3.8) is 0 Å². The maximum Gasteiger partial charge on any atom is 0.150 e. The maximum absolute atomic E-state index is 13.8. The SMILES string of the molecule is CCc1nc2c(F)cc(Cl)cc2c(NN)c1C. The van der Waals surface area contributed by atoms with Crippen LogP contribution in [0.5, 0.6) is 0 Å². The molecule has 0 aliphatic heterocycles. The first kappa shape index (κ1) is 12.1. The third kappa shape index (κ3) is 1.94. The Labute approximate surface area is 104 Å². The highest BCUT2D eigenvalue weighted by Gasteiger charge is 2.13. The molecular weight excluding hydrogens is 241 g/mol. The van der Waals surface area contributed by atoms with Crippen molar-refractivity contribution in [2.45, 2.75) is 20.3 Å². The predicted molar refractivity (Wildman–Crippen MR) is 68.6 cm³/mol. The third-order valence-corrected chi connectivity index (χ3v) is 3.05. The number of benzene rings is 1. The molecule has 0 aliphatic rings. The van der Waals surface area contributed by atoms with Gasteiger partial charge in [0.05, 0.1) is 5.69 Å². The van der Waals surface area contributed by atoms with Crippen LogP contribution in [-0.2, 0) is 6.42 Å². The minimum absolute atomic E-state index is 0.296. The zero-order chi connectivity index (χ0) is 12.6. The number of fused-ring (bicyclic) bond motifs is 1. The number of hydrogen-bond donors (Lipinski definition) is 2. The molecule has 2 rings (SSSR count). The Morgan fingerprint density at radius 1 is 1.47 bits per heavy atom. The third-order valence-electron chi connectivity index (χ3n) is 2.83. The van der Waals surface area contributed by atoms with Gasteiger partial charge >= 0.3 is 0 Å². The average Bonchev–Trinajstić information content (AvgIpc) is 2.28. The summed E-state index contributed by atoms with van der Waals surface area (Å²) in [5, 5.41) is 0.934. The monoisotopic (exact) mass is 253 g/mol. The second kappa shape index (κ2) is 4.47. The summed E-state index contributed by atoms with van der Waals surface area (Å²) in [4.78, 5) is 4.31. The van der Waals surface area contributed by atoms with Gasteiger partial charge in [0.2, 0.25) is 0 Å². The Kier molecular flexibility index (Phi) is 3.17. The summed E-state index contributed by atoms with van der Waals surface area (Å²) in [6, 6.07) is 2.92. The largest absolute Gasteiger partial charge is 0.323 e. The number of pyridine rings is 1. The lowest BCUT2D eigenvalue weighted by Gasteiger charge is -2.13. The van der Waals surface area contributed by atoms with Gasteiger partial charge in [-0.05, 0) is 31.0 Å². The molecule has 2 aromatic rings. The lowest BCUT2D eigenvalue weighted by molar-refractivity contribution is 0.636. The Morgan fingerprint density at radius 2 is 2.18 bits per heavy atom. The summed E-state index contributed by atoms with van der Waals surface area (Å²) in [5.41, 5.74) is 5.32. The van der Waals surface area contributed by atoms with Crippen LogP contribution in [0.4, 0.5) is 10.1 Å². The zero-order valence-corrected chi connectivity index (χ0v) is 10.4. The molecule has 1 aromatic carbocycles. The van der Waals surface area contributed by atoms with Crippen molar-refractivity contribution in [3.8, 4) is 0 Å². The number of nitrogens with two attached hydrogens (primary N) is 1. The first-order chi connectivity index (χ1) is 8.08. The standard InChI is InChI=1S/C12H13ClFN3/c1-3-10-6(2)11(17-15)8-4-7(13)5-9(14)12(8)16-10/h4-5H,3,15H2,1-2H3,(H,16,17). The molecule has 0 saturated carbocycles. The lowest BCUT2D eigenvalue weighted by atomic mass is 10.1. The maximum atomic E-state index is 13.8. The van der Waals surface area contributed by atoms with Gasteiger partial charge in [-0.2, -0.15) is 0 Å². The van der Waals surface area contributed by atoms with E-state index in [0.717, 1.165) is 17.7 Å². The number of halogens is 2. The van der Waals surface area contributed by atoms with E-state index >= 15 is 0 Å². The van der Waals surface area contributed by atoms with Crippen LogP contribution in [0, 0.1) is 12.7 Å². The van der Waals surface area contributed by atoms with Crippen LogP contribution < -0.4 is 11.3 Å². The van der Waals surface area contributed by atoms with Crippen molar-refractivity contribution >= 4 is 28.2 Å². The first-order valence-corrected chi connectivity index (χ1v) is 5.71. The number of aryl methyl sites for hydroxylation is 1. The molecule has 0 unspecified atom stereocenters. The average molecular weight is 254 g/mol. The van der Waals surface area contributed by atoms with Gasteiger partial charge in [-0.15, -0.1) is 0 Å². The molecule has 5 heteroatoms. The number of hydrogen-bond acceptors (Lipinski definition) is 3. The Morgan fingerprint density at radius 3 is 2.76 bits per heavy atom. The van der Waals surface area contributed by atoms with Crippen molar-refractivity contribution < 1.29 is 4.39 Å². The number of hydrazine groups is 1. The zero-order valence-electron chi connectivity index (χ0n) is 9.64. The van der Waals surface area contributed by atoms with Crippen LogP contribution in [0.3, 0.4) is 0 Å². The highest BCUT2D eigenvalue weighted by molar-refractivity contribution is 6.31. The van der Waals surface area contributed by atoms with Crippen molar-refractivity contribution in [1.82, 2.24) is 4.98 Å². The van der Waals surface area contributed by atoms with Crippen molar-refractivity contribution in [1.29, 1.82) is 0 Å². The molecule has 0 fully saturated rings. The highest BCUT2D eigenvalue weighted by Crippen LogP contribution is 2.31. The molecule has 3 nitrogen and oxygen atoms in total. The first-order valence-electron chi connectivity index (χ1n) is 5.33. The fourth-order valence-electron chi connectivity index (χ4n) is 1.97. The molecule has 0 bridgehead atoms. The normalized spacial score (nSPS) is 10.9. The summed E-state index contributed by atoms with van der Waals surface area (Å²) in [7, 11) is 0. The molecule has 3 N–H and O–H groups in total. The fraction of sp³-hybridized carbons (Fsp3) is 0.250. The van der Waals surface area contributed by atoms with E-state index < -0.39 is 5.82 Å². The molecule has 0 aliphatic carbocycles. The summed E-state index contributed by atoms with van der Waals surface area (Å²) in [6.07, 6.45) is 0.721. The van der Waals surface area contributed by atoms with Crippen LogP contribution in [-0.4, -0.2) is 4.98 Å². The van der Waals surface area contributed by atoms with Crippen LogP contribution in [0.15, 0.2) is 12.1 Å². The molecule has 0 atom stereocenters. The van der Waals surface area contributed by atoms with Gasteiger partial charge in [0, 0.05) is 16.1 Å². The van der Waals surface area contributed by atoms with Crippen LogP contribution in [0.2, 0.25) is 5.02 Å². The van der Waals surface area contributed by atoms with Crippen molar-refractivity contribution in [2.75, 3.05) is 5.43 Å². The number of rotatable bonds is 2. The minimum Gasteiger partial charge on any atom is -0.323 e. The quantitative estimate of drug-likeness (QED) is 0.638. The molecule has 1 heterocycles. The van der Waals surface area contributed by atoms with E-state index in [1.807, 2.05) is 13.8 Å². The number of aromatic nitrogens is 1. The van der Waals surface area contributed by atoms with Crippen molar-refractivity contribution in [3.05, 3.63) is 34.2 Å². The summed E-state index contributed by atoms with van der Waals surface area (Å²) < 4.78 is 13.8. The highest BCUT2D eigenvalue weighted by atomic mass is 35.5. The Bertz CT molecular complexity index is 584. The minimum atomic E-state index is -0.432. The smallest absolute Gasteiger partial charge is 0.150 e. The van der Waals surface area contributed by atoms with E-state index in [0.29, 0.717) is 21.6 Å². The fourth-order valence-corrected chi connectivity index (χ4v) is 2.17. The van der Waals surface area contributed by atoms with E-state index in [2.05, 4.69) is 10.4 Å². The molecular formula is C12H13ClFN3. The second-order valence-electron chi connectivity index (χ2n) is 3.84. The van der Waals surface area contributed by atoms with E-state index in [4.69, 9.17) is 17.4 Å². The molecule has 0 amide bonds. The number of nitrogens with one attached hydrogen (secondary N) is 1. The number of nitrogen functional groups attached to an aromatic ring is 1. The van der Waals surface area contributed by atoms with Gasteiger partial charge in [-0.3, -0.25) is 5.84 Å². The summed E-state index contributed by atoms with van der Waals surface area (Å²) in [6.45, 7) is 3.87. The van der Waals surface area contributed by atoms with Gasteiger partial charge < -0.3 is 5.43 Å². The van der Waals surface area contributed by atoms with Crippen LogP contribution >= 0.6 is 11.6 Å². The molecule has 0 spiro atoms. The molecule has 0 saturated heterocycles. The lowest BCUT2D eigenvalue weighted by Crippen LogP contribution is -2.11. The van der Waals surface area contributed by atoms with Crippen LogP contribution in [0.1, 0.15) is 18.2 Å². The van der Waals surface area contributed by atoms with Gasteiger partial charge in [0.15, 0.2) is 5.82 Å². The van der Waals surface area contributed by atoms with Gasteiger partial charge in [-0.25, -0.2) is 9.37 Å². The second-order valence-corrected chi connectivity index (χ2v) is 4.28. The predicted octanol–water partition coefficient (Wildman–Crippen LogP) is 3.18. The Balaban J connectivity index is 2.92. The molecule has 90 valence electrons. The van der Waals surface area contributed by atoms with E-state index in [-0.39, 0.29) is 0 Å². The summed E-state index contributed by atoms with van der Waals surface area (Å²) in [5.74, 6) is 5.07. The van der Waals surface area contributed by atoms with Crippen LogP contribution in [0.25, 0.3) is 10.9 Å². The van der Waals surface area contributed by atoms with Gasteiger partial charge in [0.25, 0.3) is 0 Å². The van der Waals surface area contributed by atoms with E-state index in [9.17, 15) is 4.39 Å². The van der Waals surface area contributed by atoms with Gasteiger partial charge in [-0.1, -0.05) is 18.5 Å². The van der Waals surface area contributed by atoms with E-state index in [1.165, 1.54) is 6.07 Å². The summed E-state index contributed by atoms with van der Waals surface area (Å²) >= 11 is 5.84. The number of anilines is 1. The Hall–Kier alpha value is -1.39. The molecule has 0 radical (unpaired) electrons. The van der Waals surface area contributed by atoms with Crippen molar-refractivity contribution in [2.24, 2.45) is 5.84 Å². The van der Waals surface area contributed by atoms with E-state index in [1.54, 1.807) is 6.07 Å². The molecule has 17 heavy (non-hydrogen) atoms. The number of nitrogens with zero attached hydrogens (tertiary/aromatic N) is 1.